The summed E-state index contributed by atoms with van der Waals surface area (Å²) in [7, 11) is 1.91. The van der Waals surface area contributed by atoms with Crippen molar-refractivity contribution in [1.82, 2.24) is 19.6 Å². The summed E-state index contributed by atoms with van der Waals surface area (Å²) in [5.41, 5.74) is 2.29. The van der Waals surface area contributed by atoms with Gasteiger partial charge in [-0.1, -0.05) is 25.4 Å². The van der Waals surface area contributed by atoms with E-state index < -0.39 is 0 Å². The predicted molar refractivity (Wildman–Crippen MR) is 96.0 cm³/mol. The van der Waals surface area contributed by atoms with E-state index in [0.29, 0.717) is 24.3 Å². The third-order valence-corrected chi connectivity index (χ3v) is 6.03. The van der Waals surface area contributed by atoms with Crippen molar-refractivity contribution in [1.29, 1.82) is 0 Å². The summed E-state index contributed by atoms with van der Waals surface area (Å²) in [4.78, 5) is 16.9. The minimum Gasteiger partial charge on any atom is -0.339 e. The molecule has 0 spiro atoms. The van der Waals surface area contributed by atoms with Gasteiger partial charge in [-0.05, 0) is 31.6 Å². The zero-order valence-electron chi connectivity index (χ0n) is 15.1. The maximum absolute atomic E-state index is 12.2. The SMILES string of the molecule is CCCN1C(=O)CC[C@H]2CN(Cc3c(CC)nn(C)c3Cl)CC[C@H]21. The first-order chi connectivity index (χ1) is 11.5. The number of hydrogen-bond donors (Lipinski definition) is 0. The maximum Gasteiger partial charge on any atom is 0.222 e. The van der Waals surface area contributed by atoms with Gasteiger partial charge in [-0.25, -0.2) is 0 Å². The Morgan fingerprint density at radius 1 is 1.29 bits per heavy atom. The molecule has 1 aromatic heterocycles. The second kappa shape index (κ2) is 7.44. The van der Waals surface area contributed by atoms with Crippen molar-refractivity contribution in [2.45, 2.75) is 58.5 Å². The number of nitrogens with zero attached hydrogens (tertiary/aromatic N) is 4. The second-order valence-corrected chi connectivity index (χ2v) is 7.53. The summed E-state index contributed by atoms with van der Waals surface area (Å²) in [6, 6.07) is 0.442. The Labute approximate surface area is 149 Å². The van der Waals surface area contributed by atoms with Crippen LogP contribution >= 0.6 is 11.6 Å². The van der Waals surface area contributed by atoms with Gasteiger partial charge < -0.3 is 4.90 Å². The van der Waals surface area contributed by atoms with E-state index in [4.69, 9.17) is 11.6 Å². The molecule has 0 aromatic carbocycles. The van der Waals surface area contributed by atoms with E-state index in [-0.39, 0.29) is 0 Å². The van der Waals surface area contributed by atoms with Crippen molar-refractivity contribution in [3.63, 3.8) is 0 Å². The number of aryl methyl sites for hydroxylation is 2. The quantitative estimate of drug-likeness (QED) is 0.818. The molecule has 5 nitrogen and oxygen atoms in total. The van der Waals surface area contributed by atoms with Crippen LogP contribution in [-0.4, -0.2) is 51.2 Å². The number of carbonyl (C=O) groups excluding carboxylic acids is 1. The molecule has 1 aromatic rings. The van der Waals surface area contributed by atoms with Crippen molar-refractivity contribution in [3.8, 4) is 0 Å². The Bertz CT molecular complexity index is 600. The van der Waals surface area contributed by atoms with E-state index in [1.165, 1.54) is 5.56 Å². The molecule has 0 unspecified atom stereocenters. The normalized spacial score (nSPS) is 25.2. The molecule has 2 saturated heterocycles. The van der Waals surface area contributed by atoms with Crippen LogP contribution in [0.25, 0.3) is 0 Å². The van der Waals surface area contributed by atoms with Gasteiger partial charge in [0.2, 0.25) is 5.91 Å². The van der Waals surface area contributed by atoms with Crippen molar-refractivity contribution in [3.05, 3.63) is 16.4 Å². The summed E-state index contributed by atoms with van der Waals surface area (Å²) in [6.45, 7) is 8.16. The Hall–Kier alpha value is -1.07. The van der Waals surface area contributed by atoms with Crippen LogP contribution in [0.2, 0.25) is 5.15 Å². The molecule has 24 heavy (non-hydrogen) atoms. The average molecular weight is 353 g/mol. The highest BCUT2D eigenvalue weighted by atomic mass is 35.5. The molecule has 134 valence electrons. The molecule has 2 fully saturated rings. The molecule has 0 N–H and O–H groups in total. The van der Waals surface area contributed by atoms with Crippen LogP contribution in [0.3, 0.4) is 0 Å². The topological polar surface area (TPSA) is 41.4 Å². The fourth-order valence-electron chi connectivity index (χ4n) is 4.37. The number of hydrogen-bond acceptors (Lipinski definition) is 3. The molecule has 6 heteroatoms. The summed E-state index contributed by atoms with van der Waals surface area (Å²) in [6.07, 6.45) is 4.78. The van der Waals surface area contributed by atoms with Crippen LogP contribution in [0, 0.1) is 5.92 Å². The summed E-state index contributed by atoms with van der Waals surface area (Å²) < 4.78 is 1.78. The lowest BCUT2D eigenvalue weighted by Crippen LogP contribution is -2.55. The zero-order chi connectivity index (χ0) is 17.3. The standard InChI is InChI=1S/C18H29ClN4O/c1-4-9-23-16-8-10-22(11-13(16)6-7-17(23)24)12-14-15(5-2)20-21(3)18(14)19/h13,16H,4-12H2,1-3H3/t13-,16+/m0/s1. The van der Waals surface area contributed by atoms with E-state index in [0.717, 1.165) is 62.7 Å². The molecule has 0 saturated carbocycles. The van der Waals surface area contributed by atoms with Gasteiger partial charge in [0, 0.05) is 51.3 Å². The van der Waals surface area contributed by atoms with E-state index in [2.05, 4.69) is 28.7 Å². The van der Waals surface area contributed by atoms with Crippen LogP contribution in [0.1, 0.15) is 50.8 Å². The first kappa shape index (κ1) is 17.7. The van der Waals surface area contributed by atoms with E-state index in [1.807, 2.05) is 7.05 Å². The predicted octanol–water partition coefficient (Wildman–Crippen LogP) is 2.86. The fraction of sp³-hybridized carbons (Fsp3) is 0.778. The molecular formula is C18H29ClN4O. The highest BCUT2D eigenvalue weighted by Crippen LogP contribution is 2.33. The van der Waals surface area contributed by atoms with Gasteiger partial charge in [0.25, 0.3) is 0 Å². The van der Waals surface area contributed by atoms with Gasteiger partial charge in [0.1, 0.15) is 5.15 Å². The van der Waals surface area contributed by atoms with Gasteiger partial charge in [-0.3, -0.25) is 14.4 Å². The first-order valence-electron chi connectivity index (χ1n) is 9.27. The Balaban J connectivity index is 1.69. The number of aromatic nitrogens is 2. The van der Waals surface area contributed by atoms with Gasteiger partial charge in [-0.2, -0.15) is 5.10 Å². The molecule has 0 radical (unpaired) electrons. The summed E-state index contributed by atoms with van der Waals surface area (Å²) >= 11 is 6.45. The molecule has 2 aliphatic rings. The number of halogens is 1. The highest BCUT2D eigenvalue weighted by Gasteiger charge is 2.39. The molecule has 3 heterocycles. The Kier molecular flexibility index (Phi) is 5.50. The van der Waals surface area contributed by atoms with Crippen LogP contribution in [0.15, 0.2) is 0 Å². The Morgan fingerprint density at radius 3 is 2.79 bits per heavy atom. The zero-order valence-corrected chi connectivity index (χ0v) is 15.8. The van der Waals surface area contributed by atoms with Crippen molar-refractivity contribution < 1.29 is 4.79 Å². The molecule has 1 amide bonds. The lowest BCUT2D eigenvalue weighted by Gasteiger charge is -2.47. The highest BCUT2D eigenvalue weighted by molar-refractivity contribution is 6.30. The van der Waals surface area contributed by atoms with Gasteiger partial charge in [0.05, 0.1) is 5.69 Å². The lowest BCUT2D eigenvalue weighted by atomic mass is 9.83. The summed E-state index contributed by atoms with van der Waals surface area (Å²) in [5.74, 6) is 0.957. The largest absolute Gasteiger partial charge is 0.339 e. The number of likely N-dealkylation sites (tertiary alicyclic amines) is 2. The molecule has 0 aliphatic carbocycles. The molecule has 2 aliphatic heterocycles. The maximum atomic E-state index is 12.2. The minimum atomic E-state index is 0.357. The summed E-state index contributed by atoms with van der Waals surface area (Å²) in [5, 5.41) is 5.29. The first-order valence-corrected chi connectivity index (χ1v) is 9.65. The van der Waals surface area contributed by atoms with Gasteiger partial charge in [0.15, 0.2) is 0 Å². The Morgan fingerprint density at radius 2 is 2.08 bits per heavy atom. The van der Waals surface area contributed by atoms with Crippen LogP contribution in [0.4, 0.5) is 0 Å². The number of amides is 1. The minimum absolute atomic E-state index is 0.357. The van der Waals surface area contributed by atoms with Crippen molar-refractivity contribution in [2.24, 2.45) is 13.0 Å². The molecular weight excluding hydrogens is 324 g/mol. The number of piperidine rings is 2. The lowest BCUT2D eigenvalue weighted by molar-refractivity contribution is -0.141. The van der Waals surface area contributed by atoms with Gasteiger partial charge in [-0.15, -0.1) is 0 Å². The smallest absolute Gasteiger partial charge is 0.222 e. The number of fused-ring (bicyclic) bond motifs is 1. The van der Waals surface area contributed by atoms with Crippen molar-refractivity contribution >= 4 is 17.5 Å². The third-order valence-electron chi connectivity index (χ3n) is 5.56. The van der Waals surface area contributed by atoms with Crippen LogP contribution < -0.4 is 0 Å². The van der Waals surface area contributed by atoms with E-state index >= 15 is 0 Å². The average Bonchev–Trinajstić information content (AvgIpc) is 2.85. The van der Waals surface area contributed by atoms with Gasteiger partial charge >= 0.3 is 0 Å². The van der Waals surface area contributed by atoms with Crippen LogP contribution in [-0.2, 0) is 24.8 Å². The van der Waals surface area contributed by atoms with Crippen molar-refractivity contribution in [2.75, 3.05) is 19.6 Å². The molecule has 3 rings (SSSR count). The number of rotatable bonds is 5. The molecule has 2 atom stereocenters. The second-order valence-electron chi connectivity index (χ2n) is 7.17. The molecule has 0 bridgehead atoms. The number of carbonyl (C=O) groups is 1. The third kappa shape index (κ3) is 3.33. The van der Waals surface area contributed by atoms with E-state index in [1.54, 1.807) is 4.68 Å². The van der Waals surface area contributed by atoms with E-state index in [9.17, 15) is 4.79 Å². The van der Waals surface area contributed by atoms with Crippen LogP contribution in [0.5, 0.6) is 0 Å². The monoisotopic (exact) mass is 352 g/mol. The fourth-order valence-corrected chi connectivity index (χ4v) is 4.57.